The summed E-state index contributed by atoms with van der Waals surface area (Å²) in [6, 6.07) is 14.4. The minimum absolute atomic E-state index is 0.133. The van der Waals surface area contributed by atoms with Crippen LogP contribution in [0.3, 0.4) is 0 Å². The van der Waals surface area contributed by atoms with Gasteiger partial charge in [0.25, 0.3) is 0 Å². The zero-order valence-corrected chi connectivity index (χ0v) is 20.6. The molecular weight excluding hydrogens is 454 g/mol. The molecular formula is C27H31N7O2. The van der Waals surface area contributed by atoms with Gasteiger partial charge >= 0.3 is 5.97 Å². The van der Waals surface area contributed by atoms with Crippen molar-refractivity contribution in [3.63, 3.8) is 0 Å². The first-order chi connectivity index (χ1) is 17.6. The van der Waals surface area contributed by atoms with Crippen molar-refractivity contribution in [1.82, 2.24) is 30.2 Å². The minimum atomic E-state index is -0.175. The third-order valence-corrected chi connectivity index (χ3v) is 6.48. The average molecular weight is 486 g/mol. The number of imidazole rings is 1. The lowest BCUT2D eigenvalue weighted by atomic mass is 10.0. The molecule has 36 heavy (non-hydrogen) atoms. The van der Waals surface area contributed by atoms with Gasteiger partial charge in [0.15, 0.2) is 0 Å². The summed E-state index contributed by atoms with van der Waals surface area (Å²) in [5.41, 5.74) is 6.53. The fraction of sp³-hybridized carbons (Fsp3) is 0.333. The SMILES string of the molecule is COC(=O)CC1CN(CCNc2cnc3ccc(-c4nc[nH]c4-c4cccc(C)n4)cc3c2)CCN1. The molecule has 1 unspecified atom stereocenters. The summed E-state index contributed by atoms with van der Waals surface area (Å²) in [6.07, 6.45) is 3.98. The molecule has 0 radical (unpaired) electrons. The van der Waals surface area contributed by atoms with Gasteiger partial charge in [-0.2, -0.15) is 0 Å². The van der Waals surface area contributed by atoms with Gasteiger partial charge in [-0.3, -0.25) is 19.7 Å². The highest BCUT2D eigenvalue weighted by Gasteiger charge is 2.21. The second-order valence-corrected chi connectivity index (χ2v) is 9.08. The largest absolute Gasteiger partial charge is 0.469 e. The molecule has 1 saturated heterocycles. The molecule has 0 spiro atoms. The van der Waals surface area contributed by atoms with Crippen LogP contribution in [0, 0.1) is 6.92 Å². The number of fused-ring (bicyclic) bond motifs is 1. The summed E-state index contributed by atoms with van der Waals surface area (Å²) < 4.78 is 4.80. The number of aromatic amines is 1. The Hall–Kier alpha value is -3.82. The smallest absolute Gasteiger partial charge is 0.307 e. The Kier molecular flexibility index (Phi) is 7.20. The third kappa shape index (κ3) is 5.53. The molecule has 4 aromatic rings. The van der Waals surface area contributed by atoms with Gasteiger partial charge in [0.05, 0.1) is 54.3 Å². The molecule has 0 saturated carbocycles. The molecule has 1 aromatic carbocycles. The van der Waals surface area contributed by atoms with Gasteiger partial charge in [0, 0.05) is 55.4 Å². The Morgan fingerprint density at radius 3 is 3.00 bits per heavy atom. The molecule has 3 aromatic heterocycles. The number of H-pyrrole nitrogens is 1. The van der Waals surface area contributed by atoms with E-state index in [4.69, 9.17) is 4.74 Å². The highest BCUT2D eigenvalue weighted by Crippen LogP contribution is 2.30. The number of hydrogen-bond acceptors (Lipinski definition) is 8. The van der Waals surface area contributed by atoms with E-state index in [0.29, 0.717) is 6.42 Å². The molecule has 0 amide bonds. The molecule has 1 atom stereocenters. The van der Waals surface area contributed by atoms with Gasteiger partial charge in [-0.05, 0) is 37.3 Å². The van der Waals surface area contributed by atoms with Gasteiger partial charge < -0.3 is 20.4 Å². The third-order valence-electron chi connectivity index (χ3n) is 6.48. The molecule has 1 aliphatic heterocycles. The normalized spacial score (nSPS) is 16.2. The second-order valence-electron chi connectivity index (χ2n) is 9.08. The molecule has 186 valence electrons. The summed E-state index contributed by atoms with van der Waals surface area (Å²) >= 11 is 0. The Morgan fingerprint density at radius 1 is 1.22 bits per heavy atom. The van der Waals surface area contributed by atoms with Crippen LogP contribution in [-0.2, 0) is 9.53 Å². The van der Waals surface area contributed by atoms with Gasteiger partial charge in [0.2, 0.25) is 0 Å². The number of nitrogens with zero attached hydrogens (tertiary/aromatic N) is 4. The van der Waals surface area contributed by atoms with Crippen LogP contribution in [-0.4, -0.2) is 76.7 Å². The van der Waals surface area contributed by atoms with Crippen LogP contribution in [0.5, 0.6) is 0 Å². The van der Waals surface area contributed by atoms with E-state index in [9.17, 15) is 4.79 Å². The molecule has 1 fully saturated rings. The van der Waals surface area contributed by atoms with Gasteiger partial charge in [-0.1, -0.05) is 12.1 Å². The highest BCUT2D eigenvalue weighted by atomic mass is 16.5. The number of nitrogens with one attached hydrogen (secondary N) is 3. The summed E-state index contributed by atoms with van der Waals surface area (Å²) in [6.45, 7) is 6.32. The fourth-order valence-electron chi connectivity index (χ4n) is 4.64. The van der Waals surface area contributed by atoms with Crippen LogP contribution < -0.4 is 10.6 Å². The monoisotopic (exact) mass is 485 g/mol. The van der Waals surface area contributed by atoms with E-state index in [0.717, 1.165) is 77.7 Å². The number of ether oxygens (including phenoxy) is 1. The number of carbonyl (C=O) groups is 1. The zero-order valence-electron chi connectivity index (χ0n) is 20.6. The molecule has 9 heteroatoms. The number of benzene rings is 1. The van der Waals surface area contributed by atoms with Crippen molar-refractivity contribution in [3.8, 4) is 22.6 Å². The lowest BCUT2D eigenvalue weighted by molar-refractivity contribution is -0.141. The molecule has 5 rings (SSSR count). The van der Waals surface area contributed by atoms with Gasteiger partial charge in [-0.25, -0.2) is 4.98 Å². The van der Waals surface area contributed by atoms with E-state index >= 15 is 0 Å². The quantitative estimate of drug-likeness (QED) is 0.327. The number of rotatable bonds is 8. The van der Waals surface area contributed by atoms with Gasteiger partial charge in [-0.15, -0.1) is 0 Å². The van der Waals surface area contributed by atoms with E-state index in [2.05, 4.69) is 47.6 Å². The Bertz CT molecular complexity index is 1350. The molecule has 0 aliphatic carbocycles. The second kappa shape index (κ2) is 10.8. The number of aromatic nitrogens is 4. The number of methoxy groups -OCH3 is 1. The maximum atomic E-state index is 11.6. The number of hydrogen-bond donors (Lipinski definition) is 3. The maximum absolute atomic E-state index is 11.6. The average Bonchev–Trinajstić information content (AvgIpc) is 3.39. The summed E-state index contributed by atoms with van der Waals surface area (Å²) in [7, 11) is 1.43. The summed E-state index contributed by atoms with van der Waals surface area (Å²) in [4.78, 5) is 31.1. The lowest BCUT2D eigenvalue weighted by Gasteiger charge is -2.33. The first kappa shape index (κ1) is 23.9. The zero-order chi connectivity index (χ0) is 24.9. The van der Waals surface area contributed by atoms with Crippen LogP contribution in [0.25, 0.3) is 33.5 Å². The lowest BCUT2D eigenvalue weighted by Crippen LogP contribution is -2.52. The van der Waals surface area contributed by atoms with E-state index in [1.807, 2.05) is 43.5 Å². The Morgan fingerprint density at radius 2 is 2.14 bits per heavy atom. The van der Waals surface area contributed by atoms with Crippen molar-refractivity contribution < 1.29 is 9.53 Å². The van der Waals surface area contributed by atoms with Crippen LogP contribution in [0.1, 0.15) is 12.1 Å². The summed E-state index contributed by atoms with van der Waals surface area (Å²) in [5, 5.41) is 7.94. The van der Waals surface area contributed by atoms with Crippen LogP contribution in [0.15, 0.2) is 55.0 Å². The predicted octanol–water partition coefficient (Wildman–Crippen LogP) is 3.24. The van der Waals surface area contributed by atoms with Crippen LogP contribution in [0.4, 0.5) is 5.69 Å². The number of esters is 1. The standard InChI is InChI=1S/C27H31N7O2/c1-18-4-3-5-24(33-18)27-26(31-17-32-27)19-6-7-23-20(12-19)13-21(15-30-23)28-8-10-34-11-9-29-22(16-34)14-25(35)36-2/h3-7,12-13,15,17,22,28-29H,8-11,14,16H2,1-2H3,(H,31,32). The van der Waals surface area contributed by atoms with E-state index < -0.39 is 0 Å². The van der Waals surface area contributed by atoms with Crippen molar-refractivity contribution in [2.75, 3.05) is 45.2 Å². The Balaban J connectivity index is 1.26. The molecule has 0 bridgehead atoms. The topological polar surface area (TPSA) is 108 Å². The first-order valence-electron chi connectivity index (χ1n) is 12.2. The van der Waals surface area contributed by atoms with Crippen molar-refractivity contribution in [1.29, 1.82) is 0 Å². The van der Waals surface area contributed by atoms with E-state index in [1.54, 1.807) is 6.33 Å². The number of pyridine rings is 2. The van der Waals surface area contributed by atoms with Crippen LogP contribution in [0.2, 0.25) is 0 Å². The van der Waals surface area contributed by atoms with Crippen molar-refractivity contribution in [2.24, 2.45) is 0 Å². The van der Waals surface area contributed by atoms with Crippen molar-refractivity contribution in [2.45, 2.75) is 19.4 Å². The van der Waals surface area contributed by atoms with Crippen molar-refractivity contribution >= 4 is 22.6 Å². The number of piperazine rings is 1. The van der Waals surface area contributed by atoms with Crippen LogP contribution >= 0.6 is 0 Å². The Labute approximate surface area is 210 Å². The predicted molar refractivity (Wildman–Crippen MR) is 141 cm³/mol. The van der Waals surface area contributed by atoms with E-state index in [-0.39, 0.29) is 12.0 Å². The first-order valence-corrected chi connectivity index (χ1v) is 12.2. The van der Waals surface area contributed by atoms with E-state index in [1.165, 1.54) is 7.11 Å². The van der Waals surface area contributed by atoms with Gasteiger partial charge in [0.1, 0.15) is 0 Å². The molecule has 1 aliphatic rings. The maximum Gasteiger partial charge on any atom is 0.307 e. The summed E-state index contributed by atoms with van der Waals surface area (Å²) in [5.74, 6) is -0.175. The number of carbonyl (C=O) groups excluding carboxylic acids is 1. The molecule has 4 heterocycles. The molecule has 9 nitrogen and oxygen atoms in total. The minimum Gasteiger partial charge on any atom is -0.469 e. The molecule has 3 N–H and O–H groups in total. The highest BCUT2D eigenvalue weighted by molar-refractivity contribution is 5.88. The number of anilines is 1. The number of aryl methyl sites for hydroxylation is 1. The van der Waals surface area contributed by atoms with Crippen molar-refractivity contribution in [3.05, 3.63) is 60.7 Å². The fourth-order valence-corrected chi connectivity index (χ4v) is 4.64.